The largest absolute Gasteiger partial charge is 0.385 e. The number of nitrogens with zero attached hydrogens (tertiary/aromatic N) is 3. The molecule has 1 N–H and O–H groups in total. The molecule has 0 radical (unpaired) electrons. The van der Waals surface area contributed by atoms with Gasteiger partial charge in [-0.1, -0.05) is 48.5 Å². The summed E-state index contributed by atoms with van der Waals surface area (Å²) in [7, 11) is 3.39. The van der Waals surface area contributed by atoms with Crippen molar-refractivity contribution in [2.24, 2.45) is 18.9 Å². The van der Waals surface area contributed by atoms with Gasteiger partial charge < -0.3 is 19.4 Å². The second kappa shape index (κ2) is 15.3. The van der Waals surface area contributed by atoms with Gasteiger partial charge in [0, 0.05) is 64.6 Å². The lowest BCUT2D eigenvalue weighted by Crippen LogP contribution is -2.41. The Kier molecular flexibility index (Phi) is 10.7. The number of pyridine rings is 1. The predicted octanol–water partition coefficient (Wildman–Crippen LogP) is 5.80. The Balaban J connectivity index is 1.30. The van der Waals surface area contributed by atoms with Gasteiger partial charge in [-0.25, -0.2) is 4.68 Å². The second-order valence-electron chi connectivity index (χ2n) is 13.4. The number of aromatic nitrogens is 3. The Labute approximate surface area is 282 Å². The van der Waals surface area contributed by atoms with Crippen molar-refractivity contribution in [1.29, 1.82) is 0 Å². The fraction of sp³-hybridized carbons (Fsp3) is 0.436. The van der Waals surface area contributed by atoms with Gasteiger partial charge in [0.2, 0.25) is 0 Å². The zero-order chi connectivity index (χ0) is 33.6. The summed E-state index contributed by atoms with van der Waals surface area (Å²) in [5.74, 6) is 0.906. The van der Waals surface area contributed by atoms with Gasteiger partial charge in [-0.2, -0.15) is 5.10 Å². The normalized spacial score (nSPS) is 19.8. The van der Waals surface area contributed by atoms with Gasteiger partial charge in [0.15, 0.2) is 0 Å². The number of rotatable bonds is 12. The summed E-state index contributed by atoms with van der Waals surface area (Å²) in [6, 6.07) is 22.0. The van der Waals surface area contributed by atoms with E-state index in [0.29, 0.717) is 55.6 Å². The molecule has 1 saturated heterocycles. The number of aryl methyl sites for hydroxylation is 1. The van der Waals surface area contributed by atoms with Gasteiger partial charge in [0.1, 0.15) is 11.3 Å². The molecule has 2 aliphatic rings. The standard InChI is InChI=1S/C39H46N4O5/c1-26-36(24-33(44)22-29-20-27(14-17-47-3)21-34(29)28-10-6-4-7-11-28)43(32-12-8-5-9-13-32)41-37(26)30-23-35(39(46)42(2)25-30)38(45)40-31-15-18-48-19-16-31/h4-13,23,25,27,29,31,34H,14-22,24H2,1-3H3,(H,40,45)/t27-,29+,34+/m1/s1. The number of benzene rings is 2. The first-order valence-electron chi connectivity index (χ1n) is 17.1. The first-order valence-corrected chi connectivity index (χ1v) is 17.1. The summed E-state index contributed by atoms with van der Waals surface area (Å²) in [6.45, 7) is 3.88. The average Bonchev–Trinajstić information content (AvgIpc) is 3.66. The van der Waals surface area contributed by atoms with Crippen LogP contribution < -0.4 is 10.9 Å². The van der Waals surface area contributed by atoms with Crippen molar-refractivity contribution in [3.05, 3.63) is 106 Å². The van der Waals surface area contributed by atoms with Gasteiger partial charge >= 0.3 is 0 Å². The number of carbonyl (C=O) groups excluding carboxylic acids is 2. The number of hydrogen-bond acceptors (Lipinski definition) is 6. The first kappa shape index (κ1) is 33.6. The highest BCUT2D eigenvalue weighted by Crippen LogP contribution is 2.46. The predicted molar refractivity (Wildman–Crippen MR) is 186 cm³/mol. The van der Waals surface area contributed by atoms with Crippen LogP contribution in [0.2, 0.25) is 0 Å². The highest BCUT2D eigenvalue weighted by Gasteiger charge is 2.36. The summed E-state index contributed by atoms with van der Waals surface area (Å²) in [5.41, 5.74) is 4.81. The molecule has 2 aromatic heterocycles. The number of hydrogen-bond donors (Lipinski definition) is 1. The molecule has 1 saturated carbocycles. The summed E-state index contributed by atoms with van der Waals surface area (Å²) in [6.07, 6.45) is 6.94. The third-order valence-electron chi connectivity index (χ3n) is 10.1. The third kappa shape index (κ3) is 7.53. The summed E-state index contributed by atoms with van der Waals surface area (Å²) < 4.78 is 14.1. The van der Waals surface area contributed by atoms with Gasteiger partial charge in [0.05, 0.1) is 17.1 Å². The van der Waals surface area contributed by atoms with Crippen LogP contribution in [-0.2, 0) is 27.7 Å². The minimum Gasteiger partial charge on any atom is -0.385 e. The van der Waals surface area contributed by atoms with Crippen molar-refractivity contribution >= 4 is 11.7 Å². The van der Waals surface area contributed by atoms with Crippen LogP contribution in [0.25, 0.3) is 16.9 Å². The molecule has 252 valence electrons. The smallest absolute Gasteiger partial charge is 0.263 e. The molecule has 0 bridgehead atoms. The second-order valence-corrected chi connectivity index (χ2v) is 13.4. The van der Waals surface area contributed by atoms with E-state index in [1.165, 1.54) is 10.1 Å². The number of ketones is 1. The first-order chi connectivity index (χ1) is 23.3. The van der Waals surface area contributed by atoms with Crippen LogP contribution in [0.15, 0.2) is 77.7 Å². The lowest BCUT2D eigenvalue weighted by molar-refractivity contribution is -0.119. The Bertz CT molecular complexity index is 1780. The van der Waals surface area contributed by atoms with Crippen LogP contribution in [-0.4, -0.2) is 59.0 Å². The van der Waals surface area contributed by atoms with E-state index in [1.807, 2.05) is 48.0 Å². The number of ether oxygens (including phenoxy) is 2. The Morgan fingerprint density at radius 2 is 1.73 bits per heavy atom. The lowest BCUT2D eigenvalue weighted by Gasteiger charge is -2.23. The van der Waals surface area contributed by atoms with Crippen molar-refractivity contribution in [2.75, 3.05) is 26.9 Å². The molecule has 0 unspecified atom stereocenters. The average molecular weight is 651 g/mol. The van der Waals surface area contributed by atoms with E-state index in [4.69, 9.17) is 14.6 Å². The van der Waals surface area contributed by atoms with Crippen LogP contribution >= 0.6 is 0 Å². The van der Waals surface area contributed by atoms with Crippen molar-refractivity contribution < 1.29 is 19.1 Å². The minimum atomic E-state index is -0.395. The van der Waals surface area contributed by atoms with Crippen LogP contribution in [0.5, 0.6) is 0 Å². The molecule has 9 nitrogen and oxygen atoms in total. The Morgan fingerprint density at radius 3 is 2.44 bits per heavy atom. The van der Waals surface area contributed by atoms with E-state index in [-0.39, 0.29) is 35.3 Å². The summed E-state index contributed by atoms with van der Waals surface area (Å²) in [4.78, 5) is 40.5. The Hall–Kier alpha value is -4.34. The minimum absolute atomic E-state index is 0.0344. The number of amides is 1. The molecule has 0 spiro atoms. The number of Topliss-reactive ketones (excluding diaryl/α,β-unsaturated/α-hetero) is 1. The lowest BCUT2D eigenvalue weighted by atomic mass is 9.85. The quantitative estimate of drug-likeness (QED) is 0.208. The summed E-state index contributed by atoms with van der Waals surface area (Å²) in [5, 5.41) is 8.04. The van der Waals surface area contributed by atoms with Crippen LogP contribution in [0.3, 0.4) is 0 Å². The Morgan fingerprint density at radius 1 is 1.02 bits per heavy atom. The molecule has 9 heteroatoms. The molecule has 6 rings (SSSR count). The molecule has 1 aliphatic carbocycles. The molecular formula is C39H46N4O5. The molecule has 1 amide bonds. The van der Waals surface area contributed by atoms with E-state index in [2.05, 4.69) is 29.6 Å². The monoisotopic (exact) mass is 650 g/mol. The number of nitrogens with one attached hydrogen (secondary N) is 1. The maximum atomic E-state index is 14.0. The highest BCUT2D eigenvalue weighted by molar-refractivity contribution is 5.95. The van der Waals surface area contributed by atoms with E-state index in [9.17, 15) is 14.4 Å². The zero-order valence-electron chi connectivity index (χ0n) is 28.2. The van der Waals surface area contributed by atoms with E-state index in [0.717, 1.165) is 42.8 Å². The molecule has 3 heterocycles. The van der Waals surface area contributed by atoms with Gasteiger partial charge in [-0.05, 0) is 86.1 Å². The fourth-order valence-corrected chi connectivity index (χ4v) is 7.55. The summed E-state index contributed by atoms with van der Waals surface area (Å²) >= 11 is 0. The maximum Gasteiger partial charge on any atom is 0.263 e. The fourth-order valence-electron chi connectivity index (χ4n) is 7.55. The SMILES string of the molecule is COCC[C@@H]1C[C@@H](CC(=O)Cc2c(C)c(-c3cc(C(=O)NC4CCOCC4)c(=O)n(C)c3)nn2-c2ccccc2)[C@H](c2ccccc2)C1. The van der Waals surface area contributed by atoms with Crippen molar-refractivity contribution in [1.82, 2.24) is 19.7 Å². The zero-order valence-corrected chi connectivity index (χ0v) is 28.2. The van der Waals surface area contributed by atoms with Gasteiger partial charge in [0.25, 0.3) is 11.5 Å². The molecule has 2 aromatic carbocycles. The molecule has 3 atom stereocenters. The number of carbonyl (C=O) groups is 2. The highest BCUT2D eigenvalue weighted by atomic mass is 16.5. The van der Waals surface area contributed by atoms with Crippen molar-refractivity contribution in [3.8, 4) is 16.9 Å². The molecule has 1 aliphatic heterocycles. The molecule has 4 aromatic rings. The number of para-hydroxylation sites is 1. The van der Waals surface area contributed by atoms with E-state index in [1.54, 1.807) is 26.4 Å². The van der Waals surface area contributed by atoms with E-state index < -0.39 is 5.91 Å². The topological polar surface area (TPSA) is 104 Å². The van der Waals surface area contributed by atoms with E-state index >= 15 is 0 Å². The van der Waals surface area contributed by atoms with Gasteiger partial charge in [-0.3, -0.25) is 14.4 Å². The van der Waals surface area contributed by atoms with Crippen molar-refractivity contribution in [2.45, 2.75) is 63.8 Å². The molecular weight excluding hydrogens is 604 g/mol. The van der Waals surface area contributed by atoms with Crippen LogP contribution in [0, 0.1) is 18.8 Å². The van der Waals surface area contributed by atoms with Crippen LogP contribution in [0.1, 0.15) is 71.6 Å². The van der Waals surface area contributed by atoms with Crippen LogP contribution in [0.4, 0.5) is 0 Å². The number of methoxy groups -OCH3 is 1. The molecule has 2 fully saturated rings. The third-order valence-corrected chi connectivity index (χ3v) is 10.1. The van der Waals surface area contributed by atoms with Crippen molar-refractivity contribution in [3.63, 3.8) is 0 Å². The molecule has 48 heavy (non-hydrogen) atoms. The van der Waals surface area contributed by atoms with Gasteiger partial charge in [-0.15, -0.1) is 0 Å². The maximum absolute atomic E-state index is 14.0.